The number of benzene rings is 1. The highest BCUT2D eigenvalue weighted by molar-refractivity contribution is 5.87. The number of likely N-dealkylation sites (tertiary alicyclic amines) is 1. The highest BCUT2D eigenvalue weighted by Crippen LogP contribution is 2.17. The molecule has 3 rings (SSSR count). The summed E-state index contributed by atoms with van der Waals surface area (Å²) in [5.41, 5.74) is 1.71. The lowest BCUT2D eigenvalue weighted by molar-refractivity contribution is -0.140. The first kappa shape index (κ1) is 10.3. The lowest BCUT2D eigenvalue weighted by Crippen LogP contribution is -2.54. The summed E-state index contributed by atoms with van der Waals surface area (Å²) in [5, 5.41) is 17.2. The second kappa shape index (κ2) is 3.85. The molecule has 2 aromatic rings. The minimum atomic E-state index is -0.350. The number of rotatable bonds is 2. The van der Waals surface area contributed by atoms with Crippen molar-refractivity contribution in [1.82, 2.24) is 15.1 Å². The third kappa shape index (κ3) is 1.78. The van der Waals surface area contributed by atoms with Gasteiger partial charge in [-0.15, -0.1) is 0 Å². The summed E-state index contributed by atoms with van der Waals surface area (Å²) in [7, 11) is 0. The number of aromatic nitrogens is 2. The van der Waals surface area contributed by atoms with Gasteiger partial charge in [-0.2, -0.15) is 5.10 Å². The van der Waals surface area contributed by atoms with Gasteiger partial charge in [-0.3, -0.25) is 9.89 Å². The van der Waals surface area contributed by atoms with E-state index in [0.717, 1.165) is 16.6 Å². The predicted molar refractivity (Wildman–Crippen MR) is 62.4 cm³/mol. The second-order valence-electron chi connectivity index (χ2n) is 4.35. The molecule has 1 aliphatic rings. The number of β-amino-alcohol motifs (C(OH)–C–C–N with tert-alkyl or cyclic N) is 1. The van der Waals surface area contributed by atoms with Gasteiger partial charge in [0.2, 0.25) is 5.91 Å². The smallest absolute Gasteiger partial charge is 0.228 e. The molecule has 1 aromatic carbocycles. The van der Waals surface area contributed by atoms with Gasteiger partial charge in [-0.25, -0.2) is 0 Å². The molecule has 88 valence electrons. The molecule has 5 nitrogen and oxygen atoms in total. The molecule has 0 unspecified atom stereocenters. The van der Waals surface area contributed by atoms with E-state index in [2.05, 4.69) is 10.2 Å². The van der Waals surface area contributed by atoms with E-state index in [1.54, 1.807) is 4.90 Å². The molecular weight excluding hydrogens is 218 g/mol. The fourth-order valence-electron chi connectivity index (χ4n) is 2.07. The van der Waals surface area contributed by atoms with Crippen LogP contribution in [0.3, 0.4) is 0 Å². The molecule has 0 atom stereocenters. The van der Waals surface area contributed by atoms with Gasteiger partial charge >= 0.3 is 0 Å². The molecule has 0 saturated carbocycles. The number of para-hydroxylation sites is 1. The van der Waals surface area contributed by atoms with E-state index in [9.17, 15) is 4.79 Å². The number of aromatic amines is 1. The van der Waals surface area contributed by atoms with Crippen LogP contribution < -0.4 is 0 Å². The highest BCUT2D eigenvalue weighted by atomic mass is 16.3. The Balaban J connectivity index is 1.78. The summed E-state index contributed by atoms with van der Waals surface area (Å²) in [6.45, 7) is 0.899. The fourth-order valence-corrected chi connectivity index (χ4v) is 2.07. The van der Waals surface area contributed by atoms with Crippen LogP contribution in [0, 0.1) is 0 Å². The normalized spacial score (nSPS) is 16.2. The number of fused-ring (bicyclic) bond motifs is 1. The van der Waals surface area contributed by atoms with Crippen molar-refractivity contribution in [2.24, 2.45) is 0 Å². The van der Waals surface area contributed by atoms with E-state index >= 15 is 0 Å². The maximum Gasteiger partial charge on any atom is 0.228 e. The molecule has 0 bridgehead atoms. The number of hydrogen-bond donors (Lipinski definition) is 2. The van der Waals surface area contributed by atoms with Gasteiger partial charge in [0.25, 0.3) is 0 Å². The summed E-state index contributed by atoms with van der Waals surface area (Å²) in [5.74, 6) is 0.0321. The standard InChI is InChI=1S/C12H13N3O2/c16-8-6-15(7-8)12(17)5-11-9-3-1-2-4-10(9)13-14-11/h1-4,8,16H,5-7H2,(H,13,14). The highest BCUT2D eigenvalue weighted by Gasteiger charge is 2.28. The molecule has 1 aliphatic heterocycles. The van der Waals surface area contributed by atoms with Gasteiger partial charge < -0.3 is 10.0 Å². The van der Waals surface area contributed by atoms with Crippen molar-refractivity contribution < 1.29 is 9.90 Å². The van der Waals surface area contributed by atoms with Crippen LogP contribution in [0.25, 0.3) is 10.9 Å². The predicted octanol–water partition coefficient (Wildman–Crippen LogP) is 0.309. The van der Waals surface area contributed by atoms with E-state index in [0.29, 0.717) is 19.5 Å². The number of aliphatic hydroxyl groups is 1. The lowest BCUT2D eigenvalue weighted by atomic mass is 10.1. The van der Waals surface area contributed by atoms with Crippen molar-refractivity contribution in [3.63, 3.8) is 0 Å². The minimum Gasteiger partial charge on any atom is -0.389 e. The molecule has 2 N–H and O–H groups in total. The van der Waals surface area contributed by atoms with Crippen molar-refractivity contribution in [2.45, 2.75) is 12.5 Å². The summed E-state index contributed by atoms with van der Waals surface area (Å²) in [4.78, 5) is 13.5. The Morgan fingerprint density at radius 1 is 1.47 bits per heavy atom. The minimum absolute atomic E-state index is 0.0321. The Labute approximate surface area is 98.0 Å². The molecule has 2 heterocycles. The van der Waals surface area contributed by atoms with Crippen LogP contribution in [0.15, 0.2) is 24.3 Å². The zero-order valence-electron chi connectivity index (χ0n) is 9.26. The first-order valence-corrected chi connectivity index (χ1v) is 5.62. The first-order valence-electron chi connectivity index (χ1n) is 5.62. The Bertz CT molecular complexity index is 558. The SMILES string of the molecule is O=C(Cc1[nH]nc2ccccc12)N1CC(O)C1. The summed E-state index contributed by atoms with van der Waals surface area (Å²) < 4.78 is 0. The number of H-pyrrole nitrogens is 1. The van der Waals surface area contributed by atoms with Crippen LogP contribution in [-0.2, 0) is 11.2 Å². The lowest BCUT2D eigenvalue weighted by Gasteiger charge is -2.35. The average Bonchev–Trinajstić information content (AvgIpc) is 2.69. The molecule has 5 heteroatoms. The number of aliphatic hydroxyl groups excluding tert-OH is 1. The molecule has 1 amide bonds. The van der Waals surface area contributed by atoms with Gasteiger partial charge in [0.05, 0.1) is 23.7 Å². The maximum atomic E-state index is 11.8. The van der Waals surface area contributed by atoms with Crippen LogP contribution in [0.1, 0.15) is 5.69 Å². The number of hydrogen-bond acceptors (Lipinski definition) is 3. The summed E-state index contributed by atoms with van der Waals surface area (Å²) in [6, 6.07) is 7.71. The average molecular weight is 231 g/mol. The Kier molecular flexibility index (Phi) is 2.33. The van der Waals surface area contributed by atoms with Crippen LogP contribution >= 0.6 is 0 Å². The number of nitrogens with one attached hydrogen (secondary N) is 1. The third-order valence-electron chi connectivity index (χ3n) is 3.08. The van der Waals surface area contributed by atoms with Crippen LogP contribution in [0.4, 0.5) is 0 Å². The van der Waals surface area contributed by atoms with E-state index < -0.39 is 0 Å². The Hall–Kier alpha value is -1.88. The summed E-state index contributed by atoms with van der Waals surface area (Å²) in [6.07, 6.45) is -0.0368. The van der Waals surface area contributed by atoms with Crippen molar-refractivity contribution in [3.05, 3.63) is 30.0 Å². The second-order valence-corrected chi connectivity index (χ2v) is 4.35. The van der Waals surface area contributed by atoms with Gasteiger partial charge in [-0.05, 0) is 6.07 Å². The maximum absolute atomic E-state index is 11.8. The van der Waals surface area contributed by atoms with Gasteiger partial charge in [0.15, 0.2) is 0 Å². The largest absolute Gasteiger partial charge is 0.389 e. The monoisotopic (exact) mass is 231 g/mol. The first-order chi connectivity index (χ1) is 8.24. The molecule has 0 aliphatic carbocycles. The fraction of sp³-hybridized carbons (Fsp3) is 0.333. The van der Waals surface area contributed by atoms with Gasteiger partial charge in [0.1, 0.15) is 0 Å². The molecule has 17 heavy (non-hydrogen) atoms. The molecular formula is C12H13N3O2. The number of carbonyl (C=O) groups excluding carboxylic acids is 1. The van der Waals surface area contributed by atoms with Crippen molar-refractivity contribution in [1.29, 1.82) is 0 Å². The molecule has 0 radical (unpaired) electrons. The van der Waals surface area contributed by atoms with E-state index in [1.165, 1.54) is 0 Å². The molecule has 1 fully saturated rings. The van der Waals surface area contributed by atoms with E-state index in [4.69, 9.17) is 5.11 Å². The Morgan fingerprint density at radius 2 is 2.24 bits per heavy atom. The van der Waals surface area contributed by atoms with Crippen LogP contribution in [-0.4, -0.2) is 45.3 Å². The van der Waals surface area contributed by atoms with E-state index in [1.807, 2.05) is 24.3 Å². The molecule has 0 spiro atoms. The zero-order valence-corrected chi connectivity index (χ0v) is 9.26. The van der Waals surface area contributed by atoms with Crippen LogP contribution in [0.2, 0.25) is 0 Å². The third-order valence-corrected chi connectivity index (χ3v) is 3.08. The van der Waals surface area contributed by atoms with Gasteiger partial charge in [0, 0.05) is 18.5 Å². The Morgan fingerprint density at radius 3 is 3.00 bits per heavy atom. The number of nitrogens with zero attached hydrogens (tertiary/aromatic N) is 2. The van der Waals surface area contributed by atoms with E-state index in [-0.39, 0.29) is 12.0 Å². The van der Waals surface area contributed by atoms with Crippen molar-refractivity contribution >= 4 is 16.8 Å². The van der Waals surface area contributed by atoms with Crippen molar-refractivity contribution in [3.8, 4) is 0 Å². The van der Waals surface area contributed by atoms with Gasteiger partial charge in [-0.1, -0.05) is 18.2 Å². The zero-order chi connectivity index (χ0) is 11.8. The topological polar surface area (TPSA) is 69.2 Å². The summed E-state index contributed by atoms with van der Waals surface area (Å²) >= 11 is 0. The van der Waals surface area contributed by atoms with Crippen LogP contribution in [0.5, 0.6) is 0 Å². The van der Waals surface area contributed by atoms with Crippen molar-refractivity contribution in [2.75, 3.05) is 13.1 Å². The number of carbonyl (C=O) groups is 1. The molecule has 1 saturated heterocycles. The number of amides is 1. The quantitative estimate of drug-likeness (QED) is 0.781. The molecule has 1 aromatic heterocycles.